The van der Waals surface area contributed by atoms with E-state index >= 15 is 0 Å². The number of hydrogen-bond acceptors (Lipinski definition) is 5. The fourth-order valence-corrected chi connectivity index (χ4v) is 3.25. The number of amides is 1. The van der Waals surface area contributed by atoms with Gasteiger partial charge in [-0.15, -0.1) is 0 Å². The molecule has 3 heterocycles. The average Bonchev–Trinajstić information content (AvgIpc) is 3.23. The first-order valence-corrected chi connectivity index (χ1v) is 7.94. The van der Waals surface area contributed by atoms with Gasteiger partial charge in [-0.05, 0) is 18.9 Å². The van der Waals surface area contributed by atoms with Gasteiger partial charge in [-0.25, -0.2) is 9.97 Å². The Morgan fingerprint density at radius 3 is 2.44 bits per heavy atom. The van der Waals surface area contributed by atoms with Gasteiger partial charge < -0.3 is 14.9 Å². The first kappa shape index (κ1) is 17.4. The molecule has 0 bridgehead atoms. The molecule has 1 aromatic heterocycles. The van der Waals surface area contributed by atoms with E-state index in [1.807, 2.05) is 4.90 Å². The zero-order valence-electron chi connectivity index (χ0n) is 13.2. The summed E-state index contributed by atoms with van der Waals surface area (Å²) in [6.45, 7) is 0.362. The van der Waals surface area contributed by atoms with Crippen molar-refractivity contribution in [3.63, 3.8) is 0 Å². The maximum absolute atomic E-state index is 13.0. The Hall–Kier alpha value is -2.39. The second kappa shape index (κ2) is 6.49. The van der Waals surface area contributed by atoms with Crippen LogP contribution in [0.2, 0.25) is 0 Å². The van der Waals surface area contributed by atoms with Crippen LogP contribution in [0, 0.1) is 11.8 Å². The number of anilines is 1. The molecule has 2 aliphatic rings. The van der Waals surface area contributed by atoms with E-state index in [1.165, 1.54) is 12.3 Å². The SMILES string of the molecule is O=C(O)[C@@H]1CN(C(=O)c2ccnc(N3CCCC3)n2)C[C@H]1C(F)(F)F. The highest BCUT2D eigenvalue weighted by molar-refractivity contribution is 5.93. The van der Waals surface area contributed by atoms with Crippen LogP contribution in [0.3, 0.4) is 0 Å². The van der Waals surface area contributed by atoms with Crippen LogP contribution in [0.4, 0.5) is 19.1 Å². The third-order valence-corrected chi connectivity index (χ3v) is 4.60. The van der Waals surface area contributed by atoms with Gasteiger partial charge in [0.15, 0.2) is 0 Å². The largest absolute Gasteiger partial charge is 0.481 e. The molecule has 2 aliphatic heterocycles. The minimum absolute atomic E-state index is 0.0242. The summed E-state index contributed by atoms with van der Waals surface area (Å²) in [5.74, 6) is -5.64. The Bertz CT molecular complexity index is 676. The number of rotatable bonds is 3. The number of carbonyl (C=O) groups is 2. The fourth-order valence-electron chi connectivity index (χ4n) is 3.25. The van der Waals surface area contributed by atoms with Crippen molar-refractivity contribution in [1.82, 2.24) is 14.9 Å². The number of carboxylic acids is 1. The van der Waals surface area contributed by atoms with Crippen LogP contribution in [0.25, 0.3) is 0 Å². The van der Waals surface area contributed by atoms with Crippen LogP contribution in [0.1, 0.15) is 23.3 Å². The monoisotopic (exact) mass is 358 g/mol. The van der Waals surface area contributed by atoms with Crippen molar-refractivity contribution >= 4 is 17.8 Å². The van der Waals surface area contributed by atoms with Crippen molar-refractivity contribution in [2.75, 3.05) is 31.1 Å². The Morgan fingerprint density at radius 1 is 1.20 bits per heavy atom. The van der Waals surface area contributed by atoms with Crippen LogP contribution in [-0.2, 0) is 4.79 Å². The number of halogens is 3. The standard InChI is InChI=1S/C15H17F3N4O3/c16-15(17,18)10-8-22(7-9(10)13(24)25)12(23)11-3-4-19-14(20-11)21-5-1-2-6-21/h3-4,9-10H,1-2,5-8H2,(H,24,25)/t9-,10-/m1/s1. The fraction of sp³-hybridized carbons (Fsp3) is 0.600. The number of carboxylic acid groups (broad SMARTS) is 1. The van der Waals surface area contributed by atoms with E-state index in [2.05, 4.69) is 9.97 Å². The molecule has 0 aliphatic carbocycles. The molecule has 1 N–H and O–H groups in total. The number of likely N-dealkylation sites (tertiary alicyclic amines) is 1. The highest BCUT2D eigenvalue weighted by atomic mass is 19.4. The van der Waals surface area contributed by atoms with Crippen LogP contribution >= 0.6 is 0 Å². The van der Waals surface area contributed by atoms with Crippen LogP contribution < -0.4 is 4.90 Å². The van der Waals surface area contributed by atoms with Gasteiger partial charge in [-0.1, -0.05) is 0 Å². The molecule has 2 saturated heterocycles. The molecule has 2 fully saturated rings. The molecule has 2 atom stereocenters. The van der Waals surface area contributed by atoms with Gasteiger partial charge >= 0.3 is 12.1 Å². The van der Waals surface area contributed by atoms with Gasteiger partial charge in [0, 0.05) is 32.4 Å². The summed E-state index contributed by atoms with van der Waals surface area (Å²) in [5.41, 5.74) is -0.0242. The first-order chi connectivity index (χ1) is 11.8. The number of carbonyl (C=O) groups excluding carboxylic acids is 1. The van der Waals surface area contributed by atoms with E-state index in [9.17, 15) is 22.8 Å². The van der Waals surface area contributed by atoms with Crippen LogP contribution in [0.5, 0.6) is 0 Å². The molecule has 10 heteroatoms. The van der Waals surface area contributed by atoms with Gasteiger partial charge in [-0.2, -0.15) is 13.2 Å². The predicted molar refractivity (Wildman–Crippen MR) is 80.1 cm³/mol. The van der Waals surface area contributed by atoms with Gasteiger partial charge in [-0.3, -0.25) is 9.59 Å². The molecular weight excluding hydrogens is 341 g/mol. The molecule has 0 saturated carbocycles. The second-order valence-corrected chi connectivity index (χ2v) is 6.24. The number of nitrogens with zero attached hydrogens (tertiary/aromatic N) is 4. The number of alkyl halides is 3. The first-order valence-electron chi connectivity index (χ1n) is 7.94. The molecule has 7 nitrogen and oxygen atoms in total. The Kier molecular flexibility index (Phi) is 4.53. The zero-order valence-corrected chi connectivity index (χ0v) is 13.2. The Morgan fingerprint density at radius 2 is 1.88 bits per heavy atom. The van der Waals surface area contributed by atoms with Crippen molar-refractivity contribution in [3.05, 3.63) is 18.0 Å². The molecule has 1 aromatic rings. The number of hydrogen-bond donors (Lipinski definition) is 1. The number of aliphatic carboxylic acids is 1. The zero-order chi connectivity index (χ0) is 18.2. The van der Waals surface area contributed by atoms with E-state index < -0.39 is 43.0 Å². The number of aromatic nitrogens is 2. The lowest BCUT2D eigenvalue weighted by Crippen LogP contribution is -2.34. The van der Waals surface area contributed by atoms with E-state index in [-0.39, 0.29) is 5.69 Å². The van der Waals surface area contributed by atoms with Crippen molar-refractivity contribution in [1.29, 1.82) is 0 Å². The van der Waals surface area contributed by atoms with Crippen LogP contribution in [0.15, 0.2) is 12.3 Å². The Balaban J connectivity index is 1.79. The van der Waals surface area contributed by atoms with Crippen LogP contribution in [-0.4, -0.2) is 64.2 Å². The predicted octanol–water partition coefficient (Wildman–Crippen LogP) is 1.41. The molecule has 3 rings (SSSR count). The minimum Gasteiger partial charge on any atom is -0.481 e. The maximum Gasteiger partial charge on any atom is 0.394 e. The van der Waals surface area contributed by atoms with Gasteiger partial charge in [0.25, 0.3) is 5.91 Å². The molecule has 0 radical (unpaired) electrons. The van der Waals surface area contributed by atoms with Crippen molar-refractivity contribution in [2.24, 2.45) is 11.8 Å². The molecule has 1 amide bonds. The van der Waals surface area contributed by atoms with E-state index in [0.29, 0.717) is 5.95 Å². The topological polar surface area (TPSA) is 86.6 Å². The average molecular weight is 358 g/mol. The molecule has 136 valence electrons. The lowest BCUT2D eigenvalue weighted by atomic mass is 9.96. The molecule has 25 heavy (non-hydrogen) atoms. The molecule has 0 unspecified atom stereocenters. The summed E-state index contributed by atoms with van der Waals surface area (Å²) < 4.78 is 39.1. The summed E-state index contributed by atoms with van der Waals surface area (Å²) in [4.78, 5) is 34.7. The molecule has 0 aromatic carbocycles. The third-order valence-electron chi connectivity index (χ3n) is 4.60. The highest BCUT2D eigenvalue weighted by Gasteiger charge is 2.53. The van der Waals surface area contributed by atoms with E-state index in [0.717, 1.165) is 30.8 Å². The summed E-state index contributed by atoms with van der Waals surface area (Å²) in [5, 5.41) is 9.03. The lowest BCUT2D eigenvalue weighted by molar-refractivity contribution is -0.187. The molecular formula is C15H17F3N4O3. The highest BCUT2D eigenvalue weighted by Crippen LogP contribution is 2.38. The van der Waals surface area contributed by atoms with Crippen molar-refractivity contribution < 1.29 is 27.9 Å². The summed E-state index contributed by atoms with van der Waals surface area (Å²) in [7, 11) is 0. The van der Waals surface area contributed by atoms with E-state index in [4.69, 9.17) is 5.11 Å². The van der Waals surface area contributed by atoms with Gasteiger partial charge in [0.05, 0.1) is 11.8 Å². The minimum atomic E-state index is -4.68. The van der Waals surface area contributed by atoms with Gasteiger partial charge in [0.1, 0.15) is 5.69 Å². The second-order valence-electron chi connectivity index (χ2n) is 6.24. The quantitative estimate of drug-likeness (QED) is 0.879. The van der Waals surface area contributed by atoms with E-state index in [1.54, 1.807) is 0 Å². The smallest absolute Gasteiger partial charge is 0.394 e. The normalized spacial score (nSPS) is 24.0. The Labute approximate surface area is 141 Å². The molecule has 0 spiro atoms. The summed E-state index contributed by atoms with van der Waals surface area (Å²) in [6.07, 6.45) is -1.31. The summed E-state index contributed by atoms with van der Waals surface area (Å²) >= 11 is 0. The lowest BCUT2D eigenvalue weighted by Gasteiger charge is -2.19. The van der Waals surface area contributed by atoms with Crippen molar-refractivity contribution in [2.45, 2.75) is 19.0 Å². The van der Waals surface area contributed by atoms with Gasteiger partial charge in [0.2, 0.25) is 5.95 Å². The summed E-state index contributed by atoms with van der Waals surface area (Å²) in [6, 6.07) is 1.33. The van der Waals surface area contributed by atoms with Crippen molar-refractivity contribution in [3.8, 4) is 0 Å². The third kappa shape index (κ3) is 3.52. The maximum atomic E-state index is 13.0.